The third-order valence-corrected chi connectivity index (χ3v) is 11.7. The molecule has 0 aromatic carbocycles. The molecule has 18 N–H and O–H groups in total. The molecule has 12 unspecified atom stereocenters. The van der Waals surface area contributed by atoms with Crippen molar-refractivity contribution in [2.75, 3.05) is 52.5 Å². The second kappa shape index (κ2) is 41.0. The van der Waals surface area contributed by atoms with Gasteiger partial charge in [0.2, 0.25) is 23.6 Å². The van der Waals surface area contributed by atoms with E-state index in [9.17, 15) is 68.4 Å². The molecule has 4 heterocycles. The number of carbonyl (C=O) groups is 10. The summed E-state index contributed by atoms with van der Waals surface area (Å²) in [5.41, 5.74) is 8.10. The smallest absolute Gasteiger partial charge is 0.408 e. The lowest BCUT2D eigenvalue weighted by Crippen LogP contribution is -2.58. The average Bonchev–Trinajstić information content (AvgIpc) is 3.60. The molecule has 0 aliphatic carbocycles. The van der Waals surface area contributed by atoms with Crippen LogP contribution >= 0.6 is 0 Å². The minimum atomic E-state index is -1.46. The molecule has 4 rings (SSSR count). The van der Waals surface area contributed by atoms with Crippen LogP contribution in [-0.2, 0) is 57.2 Å². The van der Waals surface area contributed by atoms with Crippen molar-refractivity contribution in [1.82, 2.24) is 42.5 Å². The Bertz CT molecular complexity index is 2080. The third kappa shape index (κ3) is 38.1. The van der Waals surface area contributed by atoms with Gasteiger partial charge in [0.15, 0.2) is 12.1 Å². The van der Waals surface area contributed by atoms with Crippen LogP contribution in [0.4, 0.5) is 19.2 Å². The predicted molar refractivity (Wildman–Crippen MR) is 318 cm³/mol. The zero-order valence-corrected chi connectivity index (χ0v) is 54.2. The minimum absolute atomic E-state index is 0.124. The van der Waals surface area contributed by atoms with Crippen molar-refractivity contribution < 1.29 is 107 Å². The van der Waals surface area contributed by atoms with Gasteiger partial charge in [-0.05, 0) is 160 Å². The largest absolute Gasteiger partial charge is 0.464 e. The fraction of sp³-hybridized carbons (Fsp3) is 0.821. The molecule has 0 aromatic heterocycles. The van der Waals surface area contributed by atoms with Crippen molar-refractivity contribution >= 4 is 59.9 Å². The van der Waals surface area contributed by atoms with Crippen LogP contribution in [-0.4, -0.2) is 226 Å². The van der Waals surface area contributed by atoms with Gasteiger partial charge < -0.3 is 113 Å². The molecule has 4 saturated heterocycles. The second-order valence-electron chi connectivity index (χ2n) is 24.6. The molecule has 512 valence electrons. The van der Waals surface area contributed by atoms with Crippen molar-refractivity contribution in [2.24, 2.45) is 23.3 Å². The zero-order valence-electron chi connectivity index (χ0n) is 54.2. The van der Waals surface area contributed by atoms with Crippen molar-refractivity contribution in [3.05, 3.63) is 0 Å². The molecule has 88 heavy (non-hydrogen) atoms. The summed E-state index contributed by atoms with van der Waals surface area (Å²) in [6.45, 7) is 30.6. The van der Waals surface area contributed by atoms with Gasteiger partial charge in [-0.15, -0.1) is 0 Å². The van der Waals surface area contributed by atoms with Gasteiger partial charge in [0.1, 0.15) is 46.7 Å². The number of carbonyl (C=O) groups excluding carboxylic acids is 10. The number of aliphatic hydroxyl groups excluding tert-OH is 6. The molecule has 0 bridgehead atoms. The molecule has 4 aliphatic heterocycles. The van der Waals surface area contributed by atoms with Gasteiger partial charge >= 0.3 is 36.3 Å². The Morgan fingerprint density at radius 3 is 1.12 bits per heavy atom. The summed E-state index contributed by atoms with van der Waals surface area (Å²) in [4.78, 5) is 113. The zero-order chi connectivity index (χ0) is 68.5. The number of rotatable bonds is 14. The maximum Gasteiger partial charge on any atom is 0.408 e. The van der Waals surface area contributed by atoms with Crippen molar-refractivity contribution in [1.29, 1.82) is 0 Å². The predicted octanol–water partition coefficient (Wildman–Crippen LogP) is -1.17. The molecule has 0 aromatic rings. The lowest BCUT2D eigenvalue weighted by atomic mass is 9.97. The van der Waals surface area contributed by atoms with E-state index >= 15 is 0 Å². The van der Waals surface area contributed by atoms with Crippen LogP contribution in [0.15, 0.2) is 0 Å². The number of piperidine rings is 4. The fourth-order valence-electron chi connectivity index (χ4n) is 7.33. The first-order valence-electron chi connectivity index (χ1n) is 29.3. The summed E-state index contributed by atoms with van der Waals surface area (Å²) < 4.78 is 29.6. The number of esters is 2. The highest BCUT2D eigenvalue weighted by molar-refractivity contribution is 5.88. The average molecular weight is 1270 g/mol. The Kier molecular flexibility index (Phi) is 39.0. The van der Waals surface area contributed by atoms with Crippen LogP contribution in [0.25, 0.3) is 0 Å². The molecule has 12 atom stereocenters. The maximum atomic E-state index is 11.7. The van der Waals surface area contributed by atoms with Gasteiger partial charge in [-0.2, -0.15) is 0 Å². The van der Waals surface area contributed by atoms with E-state index in [-0.39, 0.29) is 74.6 Å². The van der Waals surface area contributed by atoms with Crippen LogP contribution in [0.1, 0.15) is 149 Å². The number of alkyl carbamates (subject to hydrolysis) is 4. The number of aliphatic hydroxyl groups is 6. The lowest BCUT2D eigenvalue weighted by molar-refractivity contribution is -0.154. The van der Waals surface area contributed by atoms with Gasteiger partial charge in [0, 0.05) is 26.2 Å². The lowest BCUT2D eigenvalue weighted by Gasteiger charge is -2.29. The van der Waals surface area contributed by atoms with Crippen molar-refractivity contribution in [2.45, 2.75) is 233 Å². The van der Waals surface area contributed by atoms with Gasteiger partial charge in [-0.25, -0.2) is 28.8 Å². The third-order valence-electron chi connectivity index (χ3n) is 11.7. The summed E-state index contributed by atoms with van der Waals surface area (Å²) in [7, 11) is 0. The van der Waals surface area contributed by atoms with Crippen LogP contribution in [0.2, 0.25) is 0 Å². The summed E-state index contributed by atoms with van der Waals surface area (Å²) in [5, 5.41) is 76.5. The Hall–Kier alpha value is -6.42. The molecule has 0 saturated carbocycles. The molecule has 0 radical (unpaired) electrons. The number of amides is 8. The minimum Gasteiger partial charge on any atom is -0.464 e. The molecular weight excluding hydrogens is 1160 g/mol. The summed E-state index contributed by atoms with van der Waals surface area (Å²) in [6, 6.07) is -3.87. The quantitative estimate of drug-likeness (QED) is 0.0720. The van der Waals surface area contributed by atoms with E-state index in [1.54, 1.807) is 96.9 Å². The van der Waals surface area contributed by atoms with Gasteiger partial charge in [-0.3, -0.25) is 19.2 Å². The Labute approximate surface area is 516 Å². The molecule has 32 nitrogen and oxygen atoms in total. The van der Waals surface area contributed by atoms with Gasteiger partial charge in [-0.1, -0.05) is 13.8 Å². The number of hydrogen-bond acceptors (Lipinski definition) is 24. The van der Waals surface area contributed by atoms with E-state index in [2.05, 4.69) is 42.5 Å². The van der Waals surface area contributed by atoms with E-state index in [0.29, 0.717) is 39.0 Å². The second-order valence-corrected chi connectivity index (χ2v) is 24.6. The number of hydrogen-bond donors (Lipinski definition) is 16. The van der Waals surface area contributed by atoms with Crippen LogP contribution in [0.3, 0.4) is 0 Å². The number of nitrogens with one attached hydrogen (secondary N) is 8. The van der Waals surface area contributed by atoms with Gasteiger partial charge in [0.25, 0.3) is 0 Å². The first-order chi connectivity index (χ1) is 40.4. The maximum absolute atomic E-state index is 11.7. The highest BCUT2D eigenvalue weighted by atomic mass is 16.6. The Balaban J connectivity index is 0. The number of nitrogens with two attached hydrogens (primary N) is 2. The summed E-state index contributed by atoms with van der Waals surface area (Å²) in [5.74, 6) is -2.49. The standard InChI is InChI=1S/2C12H24N2O5.2C10H18N2O4.2C6H11NO2/c1-5-18-10(16)9(8(15)6-7-13)14-11(17)19-12(2,3)4;1-5-18-10(16)9(15)8(6-7-13)14-11(17)19-12(2,3)4;2*1-10(2,3)16-9(15)12-7-6(13)4-5-11-8(7)14;2*1-4-2-3-7-6(9)5(4)8/h2*8-9,15H,5-7,13H2,1-4H3,(H,14,17);2*6-7,13H,4-5H2,1-3H3,(H,11,14)(H,12,15);2*4-5,8H,2-3H2,1H3,(H,7,9). The van der Waals surface area contributed by atoms with Crippen molar-refractivity contribution in [3.63, 3.8) is 0 Å². The highest BCUT2D eigenvalue weighted by Gasteiger charge is 2.36. The molecule has 4 fully saturated rings. The SMILES string of the molecule is CC(C)(C)OC(=O)NC1C(=O)NCCC1O.CC(C)(C)OC(=O)NC1C(=O)NCCC1O.CC1CCNC(=O)C1O.CC1CCNC(=O)C1O.CCOC(=O)C(NC(=O)OC(C)(C)C)C(O)CCN.CCOC(=O)C(O)C(CCN)NC(=O)OC(C)(C)C. The molecule has 4 aliphatic rings. The molecule has 32 heteroatoms. The fourth-order valence-corrected chi connectivity index (χ4v) is 7.33. The first-order valence-corrected chi connectivity index (χ1v) is 29.3. The van der Waals surface area contributed by atoms with E-state index in [0.717, 1.165) is 12.8 Å². The summed E-state index contributed by atoms with van der Waals surface area (Å²) in [6.07, 6.45) is -5.75. The van der Waals surface area contributed by atoms with E-state index in [1.807, 2.05) is 13.8 Å². The van der Waals surface area contributed by atoms with Gasteiger partial charge in [0.05, 0.1) is 37.6 Å². The normalized spacial score (nSPS) is 23.0. The monoisotopic (exact) mass is 1270 g/mol. The Morgan fingerprint density at radius 2 is 0.818 bits per heavy atom. The van der Waals surface area contributed by atoms with Crippen LogP contribution < -0.4 is 54.0 Å². The first kappa shape index (κ1) is 83.6. The van der Waals surface area contributed by atoms with E-state index in [4.69, 9.17) is 50.1 Å². The molecular formula is C56H106N10O22. The molecule has 8 amide bonds. The summed E-state index contributed by atoms with van der Waals surface area (Å²) >= 11 is 0. The van der Waals surface area contributed by atoms with E-state index < -0.39 is 120 Å². The van der Waals surface area contributed by atoms with Crippen LogP contribution in [0, 0.1) is 11.8 Å². The molecule has 0 spiro atoms. The Morgan fingerprint density at radius 1 is 0.500 bits per heavy atom. The van der Waals surface area contributed by atoms with E-state index in [1.165, 1.54) is 0 Å². The topological polar surface area (TPSA) is 496 Å². The van der Waals surface area contributed by atoms with Crippen molar-refractivity contribution in [3.8, 4) is 0 Å². The highest BCUT2D eigenvalue weighted by Crippen LogP contribution is 2.15. The van der Waals surface area contributed by atoms with Crippen LogP contribution in [0.5, 0.6) is 0 Å². The number of ether oxygens (including phenoxy) is 6.